The monoisotopic (exact) mass is 472 g/mol. The highest BCUT2D eigenvalue weighted by atomic mass is 35.5. The lowest BCUT2D eigenvalue weighted by molar-refractivity contribution is 0.183. The molecule has 0 bridgehead atoms. The number of fused-ring (bicyclic) bond motifs is 1. The summed E-state index contributed by atoms with van der Waals surface area (Å²) >= 11 is 7.43. The van der Waals surface area contributed by atoms with Gasteiger partial charge in [-0.2, -0.15) is 4.98 Å². The average Bonchev–Trinajstić information content (AvgIpc) is 3.26. The Morgan fingerprint density at radius 3 is 2.84 bits per heavy atom. The van der Waals surface area contributed by atoms with Gasteiger partial charge in [-0.1, -0.05) is 40.7 Å². The summed E-state index contributed by atoms with van der Waals surface area (Å²) in [6.07, 6.45) is 0. The molecule has 0 N–H and O–H groups in total. The van der Waals surface area contributed by atoms with Gasteiger partial charge in [0.2, 0.25) is 11.7 Å². The Morgan fingerprint density at radius 1 is 1.19 bits per heavy atom. The number of hydrogen-bond donors (Lipinski definition) is 0. The second-order valence-electron chi connectivity index (χ2n) is 6.74. The molecule has 0 amide bonds. The van der Waals surface area contributed by atoms with Crippen molar-refractivity contribution in [2.45, 2.75) is 24.4 Å². The zero-order valence-corrected chi connectivity index (χ0v) is 19.2. The summed E-state index contributed by atoms with van der Waals surface area (Å²) in [5.41, 5.74) is 1.14. The first-order valence-electron chi connectivity index (χ1n) is 9.97. The van der Waals surface area contributed by atoms with Gasteiger partial charge in [-0.05, 0) is 37.3 Å². The third kappa shape index (κ3) is 4.79. The fraction of sp³-hybridized carbons (Fsp3) is 0.273. The summed E-state index contributed by atoms with van der Waals surface area (Å²) in [4.78, 5) is 22.1. The lowest BCUT2D eigenvalue weighted by Crippen LogP contribution is -2.25. The average molecular weight is 473 g/mol. The van der Waals surface area contributed by atoms with Crippen molar-refractivity contribution >= 4 is 34.3 Å². The van der Waals surface area contributed by atoms with Gasteiger partial charge in [0.05, 0.1) is 42.0 Å². The predicted molar refractivity (Wildman–Crippen MR) is 123 cm³/mol. The summed E-state index contributed by atoms with van der Waals surface area (Å²) < 4.78 is 17.8. The zero-order chi connectivity index (χ0) is 22.5. The van der Waals surface area contributed by atoms with E-state index < -0.39 is 0 Å². The molecule has 0 spiro atoms. The minimum atomic E-state index is -0.150. The first-order valence-corrected chi connectivity index (χ1v) is 11.3. The van der Waals surface area contributed by atoms with Crippen molar-refractivity contribution in [3.63, 3.8) is 0 Å². The molecule has 32 heavy (non-hydrogen) atoms. The molecular weight excluding hydrogens is 452 g/mol. The molecule has 4 aromatic rings. The predicted octanol–water partition coefficient (Wildman–Crippen LogP) is 4.44. The van der Waals surface area contributed by atoms with E-state index in [1.165, 1.54) is 11.8 Å². The molecule has 4 rings (SSSR count). The number of para-hydroxylation sites is 1. The van der Waals surface area contributed by atoms with Gasteiger partial charge in [-0.25, -0.2) is 4.98 Å². The Balaban J connectivity index is 1.61. The van der Waals surface area contributed by atoms with Crippen LogP contribution in [-0.2, 0) is 17.0 Å². The zero-order valence-electron chi connectivity index (χ0n) is 17.6. The van der Waals surface area contributed by atoms with Crippen LogP contribution in [0.4, 0.5) is 0 Å². The molecule has 0 saturated heterocycles. The minimum Gasteiger partial charge on any atom is -0.493 e. The molecule has 0 aliphatic carbocycles. The number of rotatable bonds is 9. The number of nitrogens with zero attached hydrogens (tertiary/aromatic N) is 4. The van der Waals surface area contributed by atoms with Crippen molar-refractivity contribution in [1.29, 1.82) is 0 Å². The molecule has 2 aromatic heterocycles. The number of ether oxygens (including phenoxy) is 2. The Bertz CT molecular complexity index is 1290. The highest BCUT2D eigenvalue weighted by molar-refractivity contribution is 7.98. The van der Waals surface area contributed by atoms with Crippen LogP contribution in [0.3, 0.4) is 0 Å². The lowest BCUT2D eigenvalue weighted by Gasteiger charge is -2.12. The van der Waals surface area contributed by atoms with Crippen molar-refractivity contribution < 1.29 is 14.0 Å². The molecular formula is C22H21ClN4O4S. The Kier molecular flexibility index (Phi) is 7.09. The van der Waals surface area contributed by atoms with Crippen molar-refractivity contribution in [3.05, 3.63) is 63.7 Å². The van der Waals surface area contributed by atoms with Crippen LogP contribution in [0.25, 0.3) is 22.3 Å². The molecule has 0 unspecified atom stereocenters. The van der Waals surface area contributed by atoms with E-state index in [0.717, 1.165) is 5.56 Å². The summed E-state index contributed by atoms with van der Waals surface area (Å²) in [6.45, 7) is 3.21. The van der Waals surface area contributed by atoms with Gasteiger partial charge in [0, 0.05) is 12.1 Å². The van der Waals surface area contributed by atoms with E-state index in [0.29, 0.717) is 64.1 Å². The van der Waals surface area contributed by atoms with Crippen LogP contribution in [0.15, 0.2) is 56.9 Å². The van der Waals surface area contributed by atoms with Gasteiger partial charge < -0.3 is 14.0 Å². The van der Waals surface area contributed by atoms with Gasteiger partial charge in [-0.15, -0.1) is 0 Å². The van der Waals surface area contributed by atoms with Crippen LogP contribution in [-0.4, -0.2) is 40.0 Å². The van der Waals surface area contributed by atoms with Crippen LogP contribution in [0.5, 0.6) is 5.75 Å². The maximum atomic E-state index is 13.0. The molecule has 0 aliphatic rings. The van der Waals surface area contributed by atoms with Crippen molar-refractivity contribution in [2.75, 3.05) is 20.3 Å². The Morgan fingerprint density at radius 2 is 2.03 bits per heavy atom. The molecule has 10 heteroatoms. The van der Waals surface area contributed by atoms with Gasteiger partial charge in [0.25, 0.3) is 5.56 Å². The second-order valence-corrected chi connectivity index (χ2v) is 8.11. The van der Waals surface area contributed by atoms with E-state index >= 15 is 0 Å². The summed E-state index contributed by atoms with van der Waals surface area (Å²) in [7, 11) is 1.59. The topological polar surface area (TPSA) is 92.3 Å². The molecule has 166 valence electrons. The molecule has 0 radical (unpaired) electrons. The maximum absolute atomic E-state index is 13.0. The normalized spacial score (nSPS) is 11.2. The van der Waals surface area contributed by atoms with Crippen LogP contribution < -0.4 is 10.3 Å². The van der Waals surface area contributed by atoms with Crippen LogP contribution >= 0.6 is 23.4 Å². The summed E-state index contributed by atoms with van der Waals surface area (Å²) in [6, 6.07) is 12.6. The van der Waals surface area contributed by atoms with Gasteiger partial charge in [0.15, 0.2) is 5.16 Å². The first kappa shape index (κ1) is 22.3. The van der Waals surface area contributed by atoms with E-state index in [2.05, 4.69) is 15.1 Å². The van der Waals surface area contributed by atoms with E-state index in [1.54, 1.807) is 29.9 Å². The number of hydrogen-bond acceptors (Lipinski definition) is 8. The molecule has 8 nitrogen and oxygen atoms in total. The molecule has 0 aliphatic heterocycles. The fourth-order valence-electron chi connectivity index (χ4n) is 3.15. The number of benzene rings is 2. The Labute approximate surface area is 193 Å². The molecule has 0 fully saturated rings. The van der Waals surface area contributed by atoms with Crippen LogP contribution in [0, 0.1) is 0 Å². The smallest absolute Gasteiger partial charge is 0.262 e. The largest absolute Gasteiger partial charge is 0.493 e. The quantitative estimate of drug-likeness (QED) is 0.261. The van der Waals surface area contributed by atoms with E-state index in [1.807, 2.05) is 31.2 Å². The van der Waals surface area contributed by atoms with Crippen molar-refractivity contribution in [1.82, 2.24) is 19.7 Å². The van der Waals surface area contributed by atoms with E-state index in [9.17, 15) is 4.79 Å². The molecule has 2 aromatic carbocycles. The van der Waals surface area contributed by atoms with Crippen LogP contribution in [0.1, 0.15) is 12.8 Å². The van der Waals surface area contributed by atoms with E-state index in [4.69, 9.17) is 25.6 Å². The lowest BCUT2D eigenvalue weighted by atomic mass is 10.2. The molecule has 2 heterocycles. The molecule has 0 atom stereocenters. The maximum Gasteiger partial charge on any atom is 0.262 e. The third-order valence-corrected chi connectivity index (χ3v) is 5.82. The van der Waals surface area contributed by atoms with Crippen molar-refractivity contribution in [3.8, 4) is 17.1 Å². The second kappa shape index (κ2) is 10.2. The number of thioether (sulfide) groups is 1. The van der Waals surface area contributed by atoms with Gasteiger partial charge in [0.1, 0.15) is 5.75 Å². The van der Waals surface area contributed by atoms with Gasteiger partial charge >= 0.3 is 0 Å². The van der Waals surface area contributed by atoms with Crippen LogP contribution in [0.2, 0.25) is 5.02 Å². The van der Waals surface area contributed by atoms with Gasteiger partial charge in [-0.3, -0.25) is 9.36 Å². The Hall–Kier alpha value is -2.88. The number of aromatic nitrogens is 4. The number of halogens is 1. The summed E-state index contributed by atoms with van der Waals surface area (Å²) in [5, 5.41) is 5.63. The van der Waals surface area contributed by atoms with E-state index in [-0.39, 0.29) is 5.56 Å². The minimum absolute atomic E-state index is 0.150. The van der Waals surface area contributed by atoms with Crippen molar-refractivity contribution in [2.24, 2.45) is 0 Å². The highest BCUT2D eigenvalue weighted by Crippen LogP contribution is 2.29. The first-order chi connectivity index (χ1) is 15.6. The highest BCUT2D eigenvalue weighted by Gasteiger charge is 2.16. The molecule has 0 saturated carbocycles. The summed E-state index contributed by atoms with van der Waals surface area (Å²) in [5.74, 6) is 1.89. The standard InChI is InChI=1S/C22H21ClN4O4S/c1-3-30-18-7-5-4-6-16(18)20-25-19(31-26-20)13-32-22-24-17-12-14(23)8-9-15(17)21(28)27(22)10-11-29-2/h4-9,12H,3,10-11,13H2,1-2H3. The number of methoxy groups -OCH3 is 1. The third-order valence-electron chi connectivity index (χ3n) is 4.62. The SMILES string of the molecule is CCOc1ccccc1-c1noc(CSc2nc3cc(Cl)ccc3c(=O)n2CCOC)n1. The fourth-order valence-corrected chi connectivity index (χ4v) is 4.17.